The third-order valence-electron chi connectivity index (χ3n) is 4.09. The molecule has 1 saturated heterocycles. The lowest BCUT2D eigenvalue weighted by molar-refractivity contribution is 0.307. The van der Waals surface area contributed by atoms with E-state index in [9.17, 15) is 8.42 Å². The Labute approximate surface area is 136 Å². The van der Waals surface area contributed by atoms with Gasteiger partial charge in [-0.2, -0.15) is 17.0 Å². The van der Waals surface area contributed by atoms with Gasteiger partial charge < -0.3 is 4.42 Å². The first-order chi connectivity index (χ1) is 11.0. The maximum atomic E-state index is 12.9. The summed E-state index contributed by atoms with van der Waals surface area (Å²) in [6.45, 7) is 2.63. The number of nitrogens with zero attached hydrogens (tertiary/aromatic N) is 3. The summed E-state index contributed by atoms with van der Waals surface area (Å²) in [5.74, 6) is 1.51. The quantitative estimate of drug-likeness (QED) is 0.842. The van der Waals surface area contributed by atoms with Crippen molar-refractivity contribution < 1.29 is 12.8 Å². The fraction of sp³-hybridized carbons (Fsp3) is 0.438. The third kappa shape index (κ3) is 3.31. The van der Waals surface area contributed by atoms with E-state index < -0.39 is 10.2 Å². The molecule has 2 aromatic heterocycles. The molecule has 0 unspecified atom stereocenters. The van der Waals surface area contributed by atoms with Crippen molar-refractivity contribution >= 4 is 10.2 Å². The molecule has 7 heteroatoms. The van der Waals surface area contributed by atoms with Crippen molar-refractivity contribution in [2.75, 3.05) is 13.6 Å². The van der Waals surface area contributed by atoms with Crippen LogP contribution in [-0.4, -0.2) is 35.6 Å². The molecule has 0 radical (unpaired) electrons. The maximum Gasteiger partial charge on any atom is 0.282 e. The van der Waals surface area contributed by atoms with Crippen LogP contribution in [-0.2, 0) is 16.8 Å². The van der Waals surface area contributed by atoms with Crippen LogP contribution in [0.15, 0.2) is 40.9 Å². The predicted molar refractivity (Wildman–Crippen MR) is 86.7 cm³/mol. The van der Waals surface area contributed by atoms with Gasteiger partial charge in [0, 0.05) is 19.8 Å². The number of rotatable bonds is 5. The summed E-state index contributed by atoms with van der Waals surface area (Å²) in [5, 5.41) is 0. The molecule has 0 N–H and O–H groups in total. The van der Waals surface area contributed by atoms with Crippen LogP contribution in [0.4, 0.5) is 0 Å². The van der Waals surface area contributed by atoms with Crippen molar-refractivity contribution in [2.24, 2.45) is 0 Å². The van der Waals surface area contributed by atoms with Gasteiger partial charge in [-0.1, -0.05) is 6.07 Å². The van der Waals surface area contributed by atoms with E-state index in [4.69, 9.17) is 4.42 Å². The monoisotopic (exact) mass is 335 g/mol. The van der Waals surface area contributed by atoms with Gasteiger partial charge in [-0.3, -0.25) is 4.98 Å². The molecule has 0 aromatic carbocycles. The molecule has 0 saturated carbocycles. The van der Waals surface area contributed by atoms with E-state index in [2.05, 4.69) is 4.98 Å². The molecule has 6 nitrogen and oxygen atoms in total. The summed E-state index contributed by atoms with van der Waals surface area (Å²) in [6.07, 6.45) is 3.28. The Balaban J connectivity index is 1.80. The Bertz CT molecular complexity index is 758. The second kappa shape index (κ2) is 6.43. The molecular formula is C16H21N3O3S. The van der Waals surface area contributed by atoms with Crippen LogP contribution in [0, 0.1) is 6.92 Å². The Hall–Kier alpha value is -1.70. The van der Waals surface area contributed by atoms with Crippen LogP contribution in [0.5, 0.6) is 0 Å². The molecule has 0 bridgehead atoms. The van der Waals surface area contributed by atoms with Gasteiger partial charge in [-0.15, -0.1) is 0 Å². The van der Waals surface area contributed by atoms with E-state index in [0.29, 0.717) is 6.54 Å². The number of hydrogen-bond donors (Lipinski definition) is 0. The molecule has 1 atom stereocenters. The molecule has 0 aliphatic carbocycles. The van der Waals surface area contributed by atoms with E-state index in [1.165, 1.54) is 8.61 Å². The molecule has 1 fully saturated rings. The smallest absolute Gasteiger partial charge is 0.282 e. The van der Waals surface area contributed by atoms with Crippen LogP contribution in [0.25, 0.3) is 0 Å². The molecule has 1 aliphatic heterocycles. The molecule has 1 aliphatic rings. The minimum Gasteiger partial charge on any atom is -0.465 e. The molecule has 3 heterocycles. The highest BCUT2D eigenvalue weighted by Gasteiger charge is 2.39. The summed E-state index contributed by atoms with van der Waals surface area (Å²) < 4.78 is 34.4. The van der Waals surface area contributed by atoms with E-state index in [1.54, 1.807) is 13.2 Å². The highest BCUT2D eigenvalue weighted by Crippen LogP contribution is 2.35. The lowest BCUT2D eigenvalue weighted by Gasteiger charge is -2.27. The van der Waals surface area contributed by atoms with Crippen LogP contribution in [0.3, 0.4) is 0 Å². The summed E-state index contributed by atoms with van der Waals surface area (Å²) in [6, 6.07) is 9.01. The fourth-order valence-electron chi connectivity index (χ4n) is 2.91. The molecule has 124 valence electrons. The summed E-state index contributed by atoms with van der Waals surface area (Å²) in [4.78, 5) is 4.20. The zero-order valence-corrected chi connectivity index (χ0v) is 14.2. The number of aromatic nitrogens is 1. The molecule has 0 amide bonds. The number of aryl methyl sites for hydroxylation is 1. The van der Waals surface area contributed by atoms with Crippen molar-refractivity contribution in [3.63, 3.8) is 0 Å². The normalized spacial score (nSPS) is 19.5. The fourth-order valence-corrected chi connectivity index (χ4v) is 4.46. The van der Waals surface area contributed by atoms with Gasteiger partial charge in [0.1, 0.15) is 11.5 Å². The average Bonchev–Trinajstić information content (AvgIpc) is 3.16. The third-order valence-corrected chi connectivity index (χ3v) is 6.04. The van der Waals surface area contributed by atoms with Gasteiger partial charge in [-0.25, -0.2) is 0 Å². The molecule has 2 aromatic rings. The number of hydrogen-bond acceptors (Lipinski definition) is 4. The van der Waals surface area contributed by atoms with Crippen LogP contribution >= 0.6 is 0 Å². The first-order valence-corrected chi connectivity index (χ1v) is 9.07. The first kappa shape index (κ1) is 16.2. The Morgan fingerprint density at radius 1 is 1.35 bits per heavy atom. The summed E-state index contributed by atoms with van der Waals surface area (Å²) in [7, 11) is -1.97. The topological polar surface area (TPSA) is 66.7 Å². The van der Waals surface area contributed by atoms with Crippen molar-refractivity contribution in [2.45, 2.75) is 32.4 Å². The lowest BCUT2D eigenvalue weighted by atomic mass is 10.2. The number of pyridine rings is 1. The van der Waals surface area contributed by atoms with E-state index >= 15 is 0 Å². The molecule has 0 spiro atoms. The highest BCUT2D eigenvalue weighted by atomic mass is 32.2. The Morgan fingerprint density at radius 2 is 2.17 bits per heavy atom. The van der Waals surface area contributed by atoms with Crippen molar-refractivity contribution in [1.29, 1.82) is 0 Å². The standard InChI is InChI=1S/C16H21N3O3S/c1-13-8-9-16(22-13)15-7-5-11-19(15)23(20,21)18(2)12-14-6-3-4-10-17-14/h3-4,6,8-10,15H,5,7,11-12H2,1-2H3/t15-/m0/s1. The van der Waals surface area contributed by atoms with Gasteiger partial charge in [-0.05, 0) is 44.0 Å². The zero-order valence-electron chi connectivity index (χ0n) is 13.3. The predicted octanol–water partition coefficient (Wildman–Crippen LogP) is 2.50. The SMILES string of the molecule is Cc1ccc([C@@H]2CCCN2S(=O)(=O)N(C)Cc2ccccn2)o1. The van der Waals surface area contributed by atoms with Crippen molar-refractivity contribution in [1.82, 2.24) is 13.6 Å². The number of furan rings is 1. The minimum absolute atomic E-state index is 0.222. The first-order valence-electron chi connectivity index (χ1n) is 7.68. The van der Waals surface area contributed by atoms with Gasteiger partial charge in [0.25, 0.3) is 10.2 Å². The van der Waals surface area contributed by atoms with Crippen LogP contribution < -0.4 is 0 Å². The van der Waals surface area contributed by atoms with Crippen LogP contribution in [0.2, 0.25) is 0 Å². The Morgan fingerprint density at radius 3 is 2.83 bits per heavy atom. The van der Waals surface area contributed by atoms with Gasteiger partial charge >= 0.3 is 0 Å². The van der Waals surface area contributed by atoms with Gasteiger partial charge in [0.05, 0.1) is 18.3 Å². The second-order valence-corrected chi connectivity index (χ2v) is 7.79. The zero-order chi connectivity index (χ0) is 16.4. The van der Waals surface area contributed by atoms with E-state index in [-0.39, 0.29) is 12.6 Å². The molecular weight excluding hydrogens is 314 g/mol. The molecule has 23 heavy (non-hydrogen) atoms. The van der Waals surface area contributed by atoms with Crippen molar-refractivity contribution in [3.05, 3.63) is 53.7 Å². The van der Waals surface area contributed by atoms with Crippen molar-refractivity contribution in [3.8, 4) is 0 Å². The van der Waals surface area contributed by atoms with Gasteiger partial charge in [0.15, 0.2) is 0 Å². The summed E-state index contributed by atoms with van der Waals surface area (Å²) >= 11 is 0. The lowest BCUT2D eigenvalue weighted by Crippen LogP contribution is -2.41. The minimum atomic E-state index is -3.56. The average molecular weight is 335 g/mol. The molecule has 3 rings (SSSR count). The van der Waals surface area contributed by atoms with Crippen LogP contribution in [0.1, 0.15) is 36.1 Å². The second-order valence-electron chi connectivity index (χ2n) is 5.80. The highest BCUT2D eigenvalue weighted by molar-refractivity contribution is 7.86. The van der Waals surface area contributed by atoms with E-state index in [0.717, 1.165) is 30.1 Å². The van der Waals surface area contributed by atoms with Gasteiger partial charge in [0.2, 0.25) is 0 Å². The largest absolute Gasteiger partial charge is 0.465 e. The maximum absolute atomic E-state index is 12.9. The summed E-state index contributed by atoms with van der Waals surface area (Å²) in [5.41, 5.74) is 0.725. The Kier molecular flexibility index (Phi) is 4.52. The van der Waals surface area contributed by atoms with E-state index in [1.807, 2.05) is 37.3 Å².